The summed E-state index contributed by atoms with van der Waals surface area (Å²) < 4.78 is 0. The zero-order chi connectivity index (χ0) is 23.8. The molecule has 1 aromatic rings. The Balaban J connectivity index is 1.88. The van der Waals surface area contributed by atoms with Gasteiger partial charge in [0.2, 0.25) is 11.8 Å². The van der Waals surface area contributed by atoms with Crippen LogP contribution in [0.25, 0.3) is 0 Å². The lowest BCUT2D eigenvalue weighted by Crippen LogP contribution is -2.50. The number of carboxylic acid groups (broad SMARTS) is 1. The first-order chi connectivity index (χ1) is 15.1. The number of phenols is 1. The molecule has 2 amide bonds. The number of carboxylic acids is 1. The third-order valence-electron chi connectivity index (χ3n) is 5.75. The molecule has 176 valence electrons. The Labute approximate surface area is 186 Å². The van der Waals surface area contributed by atoms with Crippen molar-refractivity contribution in [3.63, 3.8) is 0 Å². The Bertz CT molecular complexity index is 815. The zero-order valence-electron chi connectivity index (χ0n) is 17.7. The third-order valence-corrected chi connectivity index (χ3v) is 5.75. The summed E-state index contributed by atoms with van der Waals surface area (Å²) in [7, 11) is -1.90. The maximum absolute atomic E-state index is 12.5. The molecule has 0 spiro atoms. The fraction of sp³-hybridized carbons (Fsp3) is 0.550. The number of aromatic carboxylic acids is 1. The Hall–Kier alpha value is -2.67. The maximum Gasteiger partial charge on any atom is 0.475 e. The van der Waals surface area contributed by atoms with Gasteiger partial charge in [0, 0.05) is 19.0 Å². The van der Waals surface area contributed by atoms with Crippen molar-refractivity contribution in [2.24, 2.45) is 17.4 Å². The van der Waals surface area contributed by atoms with Crippen LogP contribution in [0.15, 0.2) is 18.2 Å². The second-order valence-electron chi connectivity index (χ2n) is 8.18. The van der Waals surface area contributed by atoms with E-state index in [0.717, 1.165) is 0 Å². The molecule has 0 radical (unpaired) electrons. The number of hydrogen-bond donors (Lipinski definition) is 8. The summed E-state index contributed by atoms with van der Waals surface area (Å²) in [4.78, 5) is 35.5. The van der Waals surface area contributed by atoms with Crippen molar-refractivity contribution >= 4 is 24.9 Å². The fourth-order valence-electron chi connectivity index (χ4n) is 3.85. The molecule has 0 aromatic heterocycles. The number of nitrogens with two attached hydrogens (primary N) is 2. The Kier molecular flexibility index (Phi) is 9.45. The molecule has 10 N–H and O–H groups in total. The molecular weight excluding hydrogens is 419 g/mol. The Morgan fingerprint density at radius 3 is 2.38 bits per heavy atom. The van der Waals surface area contributed by atoms with Crippen molar-refractivity contribution in [1.82, 2.24) is 10.6 Å². The molecule has 1 fully saturated rings. The fourth-order valence-corrected chi connectivity index (χ4v) is 3.85. The minimum Gasteiger partial charge on any atom is -0.507 e. The molecule has 32 heavy (non-hydrogen) atoms. The normalized spacial score (nSPS) is 20.1. The van der Waals surface area contributed by atoms with Crippen LogP contribution in [-0.2, 0) is 16.0 Å². The molecule has 0 saturated heterocycles. The number of carbonyl (C=O) groups excluding carboxylic acids is 2. The van der Waals surface area contributed by atoms with Gasteiger partial charge in [-0.3, -0.25) is 9.59 Å². The monoisotopic (exact) mass is 450 g/mol. The Morgan fingerprint density at radius 2 is 1.81 bits per heavy atom. The van der Waals surface area contributed by atoms with Gasteiger partial charge >= 0.3 is 13.1 Å². The molecule has 1 aliphatic rings. The summed E-state index contributed by atoms with van der Waals surface area (Å²) in [6.07, 6.45) is 2.84. The minimum absolute atomic E-state index is 0.0177. The van der Waals surface area contributed by atoms with Crippen LogP contribution in [0.4, 0.5) is 0 Å². The average Bonchev–Trinajstić information content (AvgIpc) is 2.74. The number of carbonyl (C=O) groups is 3. The van der Waals surface area contributed by atoms with Crippen LogP contribution < -0.4 is 22.1 Å². The molecule has 1 saturated carbocycles. The number of nitrogens with one attached hydrogen (secondary N) is 2. The summed E-state index contributed by atoms with van der Waals surface area (Å²) in [5.74, 6) is -3.50. The van der Waals surface area contributed by atoms with Gasteiger partial charge in [-0.05, 0) is 49.7 Å². The molecule has 0 heterocycles. The van der Waals surface area contributed by atoms with Crippen LogP contribution in [0.3, 0.4) is 0 Å². The summed E-state index contributed by atoms with van der Waals surface area (Å²) in [5.41, 5.74) is 10.9. The molecule has 1 aliphatic carbocycles. The van der Waals surface area contributed by atoms with Crippen LogP contribution in [0.2, 0.25) is 0 Å². The molecule has 2 atom stereocenters. The van der Waals surface area contributed by atoms with Crippen molar-refractivity contribution in [1.29, 1.82) is 0 Å². The van der Waals surface area contributed by atoms with E-state index in [1.807, 2.05) is 0 Å². The zero-order valence-corrected chi connectivity index (χ0v) is 17.7. The molecule has 0 unspecified atom stereocenters. The third kappa shape index (κ3) is 7.19. The van der Waals surface area contributed by atoms with Gasteiger partial charge in [0.1, 0.15) is 11.3 Å². The topological polar surface area (TPSA) is 208 Å². The highest BCUT2D eigenvalue weighted by molar-refractivity contribution is 6.43. The van der Waals surface area contributed by atoms with Crippen LogP contribution in [0, 0.1) is 5.92 Å². The first-order valence-electron chi connectivity index (χ1n) is 10.6. The number of rotatable bonds is 10. The van der Waals surface area contributed by atoms with Gasteiger partial charge in [-0.2, -0.15) is 0 Å². The molecular formula is C20H31BN4O7. The van der Waals surface area contributed by atoms with Crippen LogP contribution in [0.5, 0.6) is 5.75 Å². The smallest absolute Gasteiger partial charge is 0.475 e. The lowest BCUT2D eigenvalue weighted by atomic mass is 9.75. The lowest BCUT2D eigenvalue weighted by Gasteiger charge is -2.30. The van der Waals surface area contributed by atoms with Gasteiger partial charge in [-0.1, -0.05) is 12.1 Å². The van der Waals surface area contributed by atoms with Crippen LogP contribution in [-0.4, -0.2) is 69.7 Å². The predicted molar refractivity (Wildman–Crippen MR) is 116 cm³/mol. The molecule has 11 nitrogen and oxygen atoms in total. The minimum atomic E-state index is -1.90. The standard InChI is InChI=1S/C20H31BN4O7/c22-10-15(23)19(28)24-13-6-4-11(5-7-13)8-17(26)25-16(21(31)32)9-12-2-1-3-14(18(12)27)20(29)30/h1-3,11,13,15-16,27,31-32H,4-10,22-23H2,(H,24,28)(H,25,26)(H,29,30)/t11-,13-,15-,16-/m0/s1. The lowest BCUT2D eigenvalue weighted by molar-refractivity contribution is -0.124. The molecule has 1 aromatic carbocycles. The number of aromatic hydroxyl groups is 1. The van der Waals surface area contributed by atoms with Gasteiger partial charge in [0.05, 0.1) is 12.0 Å². The van der Waals surface area contributed by atoms with E-state index >= 15 is 0 Å². The van der Waals surface area contributed by atoms with Gasteiger partial charge < -0.3 is 42.4 Å². The summed E-state index contributed by atoms with van der Waals surface area (Å²) in [6, 6.07) is 3.35. The molecule has 0 bridgehead atoms. The SMILES string of the molecule is NC[C@H](N)C(=O)N[C@H]1CC[C@H](CC(=O)N[C@@H](Cc2cccc(C(=O)O)c2O)B(O)O)CC1. The maximum atomic E-state index is 12.5. The summed E-state index contributed by atoms with van der Waals surface area (Å²) in [5, 5.41) is 44.0. The highest BCUT2D eigenvalue weighted by atomic mass is 16.4. The van der Waals surface area contributed by atoms with Crippen LogP contribution >= 0.6 is 0 Å². The second-order valence-corrected chi connectivity index (χ2v) is 8.18. The largest absolute Gasteiger partial charge is 0.507 e. The van der Waals surface area contributed by atoms with Gasteiger partial charge in [-0.15, -0.1) is 0 Å². The van der Waals surface area contributed by atoms with E-state index in [4.69, 9.17) is 16.6 Å². The quantitative estimate of drug-likeness (QED) is 0.194. The highest BCUT2D eigenvalue weighted by Gasteiger charge is 2.30. The van der Waals surface area contributed by atoms with E-state index in [9.17, 15) is 29.5 Å². The average molecular weight is 450 g/mol. The number of hydrogen-bond acceptors (Lipinski definition) is 8. The Morgan fingerprint density at radius 1 is 1.16 bits per heavy atom. The van der Waals surface area contributed by atoms with E-state index in [1.165, 1.54) is 18.2 Å². The van der Waals surface area contributed by atoms with Crippen molar-refractivity contribution < 1.29 is 34.6 Å². The van der Waals surface area contributed by atoms with E-state index in [0.29, 0.717) is 25.7 Å². The summed E-state index contributed by atoms with van der Waals surface area (Å²) in [6.45, 7) is 0.0671. The second kappa shape index (κ2) is 11.8. The van der Waals surface area contributed by atoms with Crippen molar-refractivity contribution in [3.05, 3.63) is 29.3 Å². The van der Waals surface area contributed by atoms with Crippen LogP contribution in [0.1, 0.15) is 48.0 Å². The van der Waals surface area contributed by atoms with Crippen molar-refractivity contribution in [2.45, 2.75) is 56.5 Å². The summed E-state index contributed by atoms with van der Waals surface area (Å²) >= 11 is 0. The van der Waals surface area contributed by atoms with Gasteiger partial charge in [-0.25, -0.2) is 4.79 Å². The number of benzene rings is 1. The highest BCUT2D eigenvalue weighted by Crippen LogP contribution is 2.27. The van der Waals surface area contributed by atoms with E-state index in [2.05, 4.69) is 10.6 Å². The molecule has 2 rings (SSSR count). The number of amides is 2. The first-order valence-corrected chi connectivity index (χ1v) is 10.6. The molecule has 12 heteroatoms. The van der Waals surface area contributed by atoms with Gasteiger partial charge in [0.25, 0.3) is 0 Å². The predicted octanol–water partition coefficient (Wildman–Crippen LogP) is -1.52. The van der Waals surface area contributed by atoms with Crippen molar-refractivity contribution in [2.75, 3.05) is 6.54 Å². The van der Waals surface area contributed by atoms with E-state index < -0.39 is 30.8 Å². The van der Waals surface area contributed by atoms with E-state index in [-0.39, 0.29) is 54.3 Å². The van der Waals surface area contributed by atoms with E-state index in [1.54, 1.807) is 0 Å². The molecule has 0 aliphatic heterocycles. The van der Waals surface area contributed by atoms with Gasteiger partial charge in [0.15, 0.2) is 0 Å². The first kappa shape index (κ1) is 25.6. The number of para-hydroxylation sites is 1. The van der Waals surface area contributed by atoms with Crippen molar-refractivity contribution in [3.8, 4) is 5.75 Å².